The van der Waals surface area contributed by atoms with E-state index in [1.54, 1.807) is 18.3 Å². The number of nitrogens with zero attached hydrogens (tertiary/aromatic N) is 6. The van der Waals surface area contributed by atoms with E-state index in [1.807, 2.05) is 18.2 Å². The van der Waals surface area contributed by atoms with E-state index in [0.717, 1.165) is 36.8 Å². The largest absolute Gasteiger partial charge is 0.372 e. The fraction of sp³-hybridized carbons (Fsp3) is 0.423. The molecule has 10 heteroatoms. The first kappa shape index (κ1) is 25.0. The van der Waals surface area contributed by atoms with Crippen LogP contribution in [0.25, 0.3) is 11.3 Å². The van der Waals surface area contributed by atoms with E-state index in [1.165, 1.54) is 6.07 Å². The van der Waals surface area contributed by atoms with Gasteiger partial charge in [0.05, 0.1) is 27.9 Å². The monoisotopic (exact) mass is 530 g/mol. The molecule has 0 aliphatic carbocycles. The molecular formula is C26H29Cl2FN6O. The lowest BCUT2D eigenvalue weighted by molar-refractivity contribution is -0.0281. The Labute approximate surface area is 220 Å². The Hall–Kier alpha value is -2.68. The number of hydrogen-bond acceptors (Lipinski definition) is 7. The van der Waals surface area contributed by atoms with Gasteiger partial charge in [0.15, 0.2) is 0 Å². The van der Waals surface area contributed by atoms with E-state index in [9.17, 15) is 4.39 Å². The van der Waals surface area contributed by atoms with Gasteiger partial charge >= 0.3 is 0 Å². The maximum Gasteiger partial charge on any atom is 0.228 e. The van der Waals surface area contributed by atoms with Crippen LogP contribution in [0.4, 0.5) is 22.0 Å². The molecule has 190 valence electrons. The molecule has 4 heterocycles. The summed E-state index contributed by atoms with van der Waals surface area (Å²) in [6.45, 7) is 10.5. The number of rotatable bonds is 4. The number of piperazine rings is 1. The molecule has 0 saturated carbocycles. The van der Waals surface area contributed by atoms with Crippen LogP contribution in [0.1, 0.15) is 20.8 Å². The van der Waals surface area contributed by atoms with Gasteiger partial charge in [0.2, 0.25) is 5.95 Å². The van der Waals surface area contributed by atoms with Gasteiger partial charge < -0.3 is 19.4 Å². The molecule has 0 bridgehead atoms. The van der Waals surface area contributed by atoms with Gasteiger partial charge in [-0.2, -0.15) is 4.98 Å². The van der Waals surface area contributed by atoms with Crippen molar-refractivity contribution in [2.45, 2.75) is 32.4 Å². The molecule has 2 aliphatic rings. The molecule has 0 spiro atoms. The number of hydrogen-bond donors (Lipinski definition) is 0. The Balaban J connectivity index is 1.49. The third-order valence-corrected chi connectivity index (χ3v) is 7.17. The van der Waals surface area contributed by atoms with Crippen LogP contribution in [0, 0.1) is 5.82 Å². The molecule has 5 rings (SSSR count). The van der Waals surface area contributed by atoms with E-state index in [0.29, 0.717) is 36.4 Å². The maximum absolute atomic E-state index is 13.9. The summed E-state index contributed by atoms with van der Waals surface area (Å²) < 4.78 is 19.8. The van der Waals surface area contributed by atoms with Crippen LogP contribution in [0.3, 0.4) is 0 Å². The average molecular weight is 531 g/mol. The summed E-state index contributed by atoms with van der Waals surface area (Å²) in [5, 5.41) is 0.712. The van der Waals surface area contributed by atoms with Crippen LogP contribution in [0.2, 0.25) is 10.0 Å². The van der Waals surface area contributed by atoms with E-state index in [-0.39, 0.29) is 16.7 Å². The lowest BCUT2D eigenvalue weighted by Gasteiger charge is -2.42. The Morgan fingerprint density at radius 3 is 2.58 bits per heavy atom. The molecule has 2 saturated heterocycles. The first-order valence-electron chi connectivity index (χ1n) is 12.1. The third kappa shape index (κ3) is 5.21. The van der Waals surface area contributed by atoms with Crippen LogP contribution >= 0.6 is 23.2 Å². The number of pyridine rings is 1. The van der Waals surface area contributed by atoms with Crippen LogP contribution < -0.4 is 14.7 Å². The number of halogens is 3. The minimum Gasteiger partial charge on any atom is -0.372 e. The Morgan fingerprint density at radius 2 is 1.86 bits per heavy atom. The average Bonchev–Trinajstić information content (AvgIpc) is 2.85. The summed E-state index contributed by atoms with van der Waals surface area (Å²) in [6, 6.07) is 10.5. The molecule has 1 unspecified atom stereocenters. The lowest BCUT2D eigenvalue weighted by atomic mass is 10.1. The normalized spacial score (nSPS) is 20.1. The SMILES string of the molecule is CC1CN(c2ncccc2Cl)CCN1c1cc(-c2ccc(F)c(Cl)c2)nc(N2CCOC(C)(C)C2)n1. The van der Waals surface area contributed by atoms with E-state index >= 15 is 0 Å². The number of anilines is 3. The zero-order valence-electron chi connectivity index (χ0n) is 20.6. The van der Waals surface area contributed by atoms with Gasteiger partial charge in [-0.05, 0) is 51.1 Å². The van der Waals surface area contributed by atoms with Gasteiger partial charge in [-0.15, -0.1) is 0 Å². The molecule has 3 aromatic rings. The molecule has 1 atom stereocenters. The van der Waals surface area contributed by atoms with Gasteiger partial charge in [0.25, 0.3) is 0 Å². The summed E-state index contributed by atoms with van der Waals surface area (Å²) in [4.78, 5) is 21.0. The summed E-state index contributed by atoms with van der Waals surface area (Å²) >= 11 is 12.5. The predicted molar refractivity (Wildman–Crippen MR) is 143 cm³/mol. The molecule has 0 N–H and O–H groups in total. The number of aromatic nitrogens is 3. The summed E-state index contributed by atoms with van der Waals surface area (Å²) in [5.41, 5.74) is 1.13. The first-order chi connectivity index (χ1) is 17.2. The number of morpholine rings is 1. The highest BCUT2D eigenvalue weighted by molar-refractivity contribution is 6.33. The molecule has 36 heavy (non-hydrogen) atoms. The second-order valence-corrected chi connectivity index (χ2v) is 10.7. The van der Waals surface area contributed by atoms with E-state index in [4.69, 9.17) is 37.9 Å². The smallest absolute Gasteiger partial charge is 0.228 e. The second kappa shape index (κ2) is 10.00. The quantitative estimate of drug-likeness (QED) is 0.452. The van der Waals surface area contributed by atoms with Crippen molar-refractivity contribution in [2.75, 3.05) is 54.0 Å². The Kier molecular flexibility index (Phi) is 6.94. The van der Waals surface area contributed by atoms with Crippen molar-refractivity contribution in [3.8, 4) is 11.3 Å². The summed E-state index contributed by atoms with van der Waals surface area (Å²) in [7, 11) is 0. The van der Waals surface area contributed by atoms with Crippen molar-refractivity contribution < 1.29 is 9.13 Å². The van der Waals surface area contributed by atoms with Crippen LogP contribution in [0.15, 0.2) is 42.6 Å². The zero-order valence-corrected chi connectivity index (χ0v) is 22.1. The highest BCUT2D eigenvalue weighted by atomic mass is 35.5. The molecular weight excluding hydrogens is 502 g/mol. The van der Waals surface area contributed by atoms with Gasteiger partial charge in [0, 0.05) is 56.6 Å². The van der Waals surface area contributed by atoms with Crippen molar-refractivity contribution in [3.63, 3.8) is 0 Å². The van der Waals surface area contributed by atoms with E-state index in [2.05, 4.69) is 40.5 Å². The molecule has 0 amide bonds. The fourth-order valence-corrected chi connectivity index (χ4v) is 5.22. The lowest BCUT2D eigenvalue weighted by Crippen LogP contribution is -2.53. The molecule has 0 radical (unpaired) electrons. The Bertz CT molecular complexity index is 1260. The van der Waals surface area contributed by atoms with Gasteiger partial charge in [-0.25, -0.2) is 14.4 Å². The van der Waals surface area contributed by atoms with Crippen LogP contribution in [-0.4, -0.2) is 65.9 Å². The molecule has 2 aromatic heterocycles. The Morgan fingerprint density at radius 1 is 1.03 bits per heavy atom. The number of ether oxygens (including phenoxy) is 1. The van der Waals surface area contributed by atoms with Crippen LogP contribution in [-0.2, 0) is 4.74 Å². The van der Waals surface area contributed by atoms with Crippen LogP contribution in [0.5, 0.6) is 0 Å². The standard InChI is InChI=1S/C26H29Cl2FN6O/c1-17-15-33(24-19(27)5-4-8-30-24)9-10-35(17)23-14-22(18-6-7-21(29)20(28)13-18)31-25(32-23)34-11-12-36-26(2,3)16-34/h4-8,13-14,17H,9-12,15-16H2,1-3H3. The fourth-order valence-electron chi connectivity index (χ4n) is 4.80. The topological polar surface area (TPSA) is 57.6 Å². The minimum absolute atomic E-state index is 0.0657. The molecule has 7 nitrogen and oxygen atoms in total. The third-order valence-electron chi connectivity index (χ3n) is 6.59. The van der Waals surface area contributed by atoms with Gasteiger partial charge in [0.1, 0.15) is 17.5 Å². The molecule has 2 aliphatic heterocycles. The highest BCUT2D eigenvalue weighted by Crippen LogP contribution is 2.32. The summed E-state index contributed by atoms with van der Waals surface area (Å²) in [6.07, 6.45) is 1.76. The summed E-state index contributed by atoms with van der Waals surface area (Å²) in [5.74, 6) is 1.79. The van der Waals surface area contributed by atoms with E-state index < -0.39 is 5.82 Å². The van der Waals surface area contributed by atoms with Crippen molar-refractivity contribution in [2.24, 2.45) is 0 Å². The first-order valence-corrected chi connectivity index (χ1v) is 12.8. The highest BCUT2D eigenvalue weighted by Gasteiger charge is 2.31. The van der Waals surface area contributed by atoms with Crippen molar-refractivity contribution >= 4 is 40.8 Å². The number of benzene rings is 1. The van der Waals surface area contributed by atoms with Crippen molar-refractivity contribution in [1.82, 2.24) is 15.0 Å². The minimum atomic E-state index is -0.456. The van der Waals surface area contributed by atoms with Gasteiger partial charge in [-0.1, -0.05) is 23.2 Å². The second-order valence-electron chi connectivity index (χ2n) is 9.87. The molecule has 1 aromatic carbocycles. The zero-order chi connectivity index (χ0) is 25.4. The van der Waals surface area contributed by atoms with Crippen molar-refractivity contribution in [1.29, 1.82) is 0 Å². The van der Waals surface area contributed by atoms with Crippen molar-refractivity contribution in [3.05, 3.63) is 58.5 Å². The predicted octanol–water partition coefficient (Wildman–Crippen LogP) is 5.31. The van der Waals surface area contributed by atoms with Gasteiger partial charge in [-0.3, -0.25) is 0 Å². The molecule has 2 fully saturated rings. The maximum atomic E-state index is 13.9.